The first-order chi connectivity index (χ1) is 10.2. The number of rotatable bonds is 3. The van der Waals surface area contributed by atoms with Gasteiger partial charge in [-0.2, -0.15) is 5.10 Å². The van der Waals surface area contributed by atoms with Gasteiger partial charge in [0.1, 0.15) is 0 Å². The smallest absolute Gasteiger partial charge is 0.276 e. The third-order valence-electron chi connectivity index (χ3n) is 3.20. The summed E-state index contributed by atoms with van der Waals surface area (Å²) in [6, 6.07) is 12.2. The Bertz CT molecular complexity index is 793. The monoisotopic (exact) mass is 282 g/mol. The van der Waals surface area contributed by atoms with Crippen LogP contribution < -0.4 is 11.1 Å². The zero-order valence-corrected chi connectivity index (χ0v) is 11.1. The molecule has 1 aromatic heterocycles. The van der Waals surface area contributed by atoms with E-state index in [2.05, 4.69) is 15.5 Å². The third-order valence-corrected chi connectivity index (χ3v) is 3.20. The van der Waals surface area contributed by atoms with Crippen molar-refractivity contribution in [3.8, 4) is 0 Å². The summed E-state index contributed by atoms with van der Waals surface area (Å²) in [6.45, 7) is -0.0303. The van der Waals surface area contributed by atoms with Crippen molar-refractivity contribution in [3.05, 3.63) is 53.7 Å². The van der Waals surface area contributed by atoms with E-state index >= 15 is 0 Å². The largest absolute Gasteiger partial charge is 0.399 e. The number of carbonyl (C=O) groups excluding carboxylic acids is 1. The molecule has 0 spiro atoms. The molecule has 3 rings (SSSR count). The van der Waals surface area contributed by atoms with Crippen LogP contribution in [0.1, 0.15) is 16.1 Å². The number of aliphatic hydroxyl groups excluding tert-OH is 1. The van der Waals surface area contributed by atoms with Gasteiger partial charge in [-0.1, -0.05) is 12.1 Å². The molecule has 0 atom stereocenters. The van der Waals surface area contributed by atoms with Crippen molar-refractivity contribution in [1.82, 2.24) is 10.2 Å². The van der Waals surface area contributed by atoms with E-state index in [1.165, 1.54) is 0 Å². The van der Waals surface area contributed by atoms with Crippen LogP contribution in [0.25, 0.3) is 10.9 Å². The van der Waals surface area contributed by atoms with E-state index in [0.29, 0.717) is 22.5 Å². The van der Waals surface area contributed by atoms with Gasteiger partial charge in [0.15, 0.2) is 5.69 Å². The molecule has 2 aromatic carbocycles. The second-order valence-electron chi connectivity index (χ2n) is 4.69. The first-order valence-corrected chi connectivity index (χ1v) is 6.42. The molecule has 21 heavy (non-hydrogen) atoms. The number of amides is 1. The van der Waals surface area contributed by atoms with Crippen LogP contribution in [0.2, 0.25) is 0 Å². The summed E-state index contributed by atoms with van der Waals surface area (Å²) in [6.07, 6.45) is 0. The number of nitrogens with zero attached hydrogens (tertiary/aromatic N) is 1. The maximum atomic E-state index is 12.3. The number of benzene rings is 2. The summed E-state index contributed by atoms with van der Waals surface area (Å²) in [5, 5.41) is 19.3. The summed E-state index contributed by atoms with van der Waals surface area (Å²) in [4.78, 5) is 12.3. The Morgan fingerprint density at radius 2 is 2.00 bits per heavy atom. The fourth-order valence-electron chi connectivity index (χ4n) is 2.09. The number of carbonyl (C=O) groups is 1. The highest BCUT2D eigenvalue weighted by molar-refractivity contribution is 6.11. The number of hydrogen-bond donors (Lipinski definition) is 4. The van der Waals surface area contributed by atoms with Gasteiger partial charge >= 0.3 is 0 Å². The molecular weight excluding hydrogens is 268 g/mol. The Morgan fingerprint density at radius 1 is 1.24 bits per heavy atom. The van der Waals surface area contributed by atoms with Crippen LogP contribution in [0.15, 0.2) is 42.5 Å². The maximum Gasteiger partial charge on any atom is 0.276 e. The fourth-order valence-corrected chi connectivity index (χ4v) is 2.09. The molecule has 0 saturated heterocycles. The van der Waals surface area contributed by atoms with Crippen LogP contribution in [0.4, 0.5) is 11.4 Å². The van der Waals surface area contributed by atoms with E-state index in [0.717, 1.165) is 11.1 Å². The summed E-state index contributed by atoms with van der Waals surface area (Å²) in [5.41, 5.74) is 8.78. The number of anilines is 2. The van der Waals surface area contributed by atoms with Gasteiger partial charge in [-0.25, -0.2) is 0 Å². The van der Waals surface area contributed by atoms with Crippen molar-refractivity contribution in [1.29, 1.82) is 0 Å². The number of aromatic amines is 1. The molecule has 0 radical (unpaired) electrons. The minimum absolute atomic E-state index is 0.0303. The van der Waals surface area contributed by atoms with Crippen molar-refractivity contribution in [2.45, 2.75) is 6.61 Å². The Hall–Kier alpha value is -2.86. The number of nitrogens with one attached hydrogen (secondary N) is 2. The van der Waals surface area contributed by atoms with E-state index in [1.54, 1.807) is 42.5 Å². The molecule has 0 aliphatic rings. The van der Waals surface area contributed by atoms with Gasteiger partial charge in [-0.05, 0) is 35.9 Å². The highest BCUT2D eigenvalue weighted by atomic mass is 16.3. The van der Waals surface area contributed by atoms with Crippen LogP contribution in [0.3, 0.4) is 0 Å². The van der Waals surface area contributed by atoms with Gasteiger partial charge < -0.3 is 16.2 Å². The fraction of sp³-hybridized carbons (Fsp3) is 0.0667. The molecule has 0 fully saturated rings. The Morgan fingerprint density at radius 3 is 2.71 bits per heavy atom. The second-order valence-corrected chi connectivity index (χ2v) is 4.69. The lowest BCUT2D eigenvalue weighted by Gasteiger charge is -2.04. The highest BCUT2D eigenvalue weighted by Crippen LogP contribution is 2.20. The zero-order chi connectivity index (χ0) is 14.8. The van der Waals surface area contributed by atoms with Crippen molar-refractivity contribution < 1.29 is 9.90 Å². The summed E-state index contributed by atoms with van der Waals surface area (Å²) >= 11 is 0. The summed E-state index contributed by atoms with van der Waals surface area (Å²) in [7, 11) is 0. The molecule has 0 bridgehead atoms. The lowest BCUT2D eigenvalue weighted by molar-refractivity contribution is 0.102. The van der Waals surface area contributed by atoms with E-state index < -0.39 is 0 Å². The van der Waals surface area contributed by atoms with Gasteiger partial charge in [0.25, 0.3) is 5.91 Å². The van der Waals surface area contributed by atoms with Crippen molar-refractivity contribution in [2.24, 2.45) is 0 Å². The minimum atomic E-state index is -0.316. The molecule has 5 N–H and O–H groups in total. The van der Waals surface area contributed by atoms with E-state index in [-0.39, 0.29) is 12.5 Å². The molecular formula is C15H14N4O2. The molecule has 0 aliphatic carbocycles. The molecule has 6 heteroatoms. The molecule has 1 amide bonds. The second kappa shape index (κ2) is 5.26. The molecule has 3 aromatic rings. The molecule has 1 heterocycles. The standard InChI is InChI=1S/C15H14N4O2/c16-10-3-6-13-12(7-10)14(19-18-13)15(21)17-11-4-1-9(8-20)2-5-11/h1-7,20H,8,16H2,(H,17,21)(H,18,19). The van der Waals surface area contributed by atoms with Crippen LogP contribution in [0, 0.1) is 0 Å². The molecule has 106 valence electrons. The predicted molar refractivity (Wildman–Crippen MR) is 80.8 cm³/mol. The number of nitrogen functional groups attached to an aromatic ring is 1. The van der Waals surface area contributed by atoms with Crippen molar-refractivity contribution >= 4 is 28.2 Å². The number of H-pyrrole nitrogens is 1. The number of fused-ring (bicyclic) bond motifs is 1. The molecule has 0 unspecified atom stereocenters. The van der Waals surface area contributed by atoms with Gasteiger partial charge in [-0.3, -0.25) is 9.89 Å². The van der Waals surface area contributed by atoms with Crippen LogP contribution >= 0.6 is 0 Å². The molecule has 0 aliphatic heterocycles. The van der Waals surface area contributed by atoms with Gasteiger partial charge in [0, 0.05) is 16.8 Å². The highest BCUT2D eigenvalue weighted by Gasteiger charge is 2.14. The van der Waals surface area contributed by atoms with E-state index in [1.807, 2.05) is 0 Å². The van der Waals surface area contributed by atoms with E-state index in [4.69, 9.17) is 10.8 Å². The average molecular weight is 282 g/mol. The first kappa shape index (κ1) is 13.1. The van der Waals surface area contributed by atoms with Crippen LogP contribution in [0.5, 0.6) is 0 Å². The normalized spacial score (nSPS) is 10.7. The van der Waals surface area contributed by atoms with Crippen LogP contribution in [-0.4, -0.2) is 21.2 Å². The molecule has 0 saturated carbocycles. The lowest BCUT2D eigenvalue weighted by atomic mass is 10.1. The zero-order valence-electron chi connectivity index (χ0n) is 11.1. The number of nitrogens with two attached hydrogens (primary N) is 1. The third kappa shape index (κ3) is 2.56. The lowest BCUT2D eigenvalue weighted by Crippen LogP contribution is -2.12. The average Bonchev–Trinajstić information content (AvgIpc) is 2.91. The first-order valence-electron chi connectivity index (χ1n) is 6.42. The van der Waals surface area contributed by atoms with Gasteiger partial charge in [0.2, 0.25) is 0 Å². The quantitative estimate of drug-likeness (QED) is 0.551. The number of aromatic nitrogens is 2. The Balaban J connectivity index is 1.87. The Kier molecular flexibility index (Phi) is 3.29. The molecule has 6 nitrogen and oxygen atoms in total. The van der Waals surface area contributed by atoms with Crippen molar-refractivity contribution in [2.75, 3.05) is 11.1 Å². The topological polar surface area (TPSA) is 104 Å². The summed E-state index contributed by atoms with van der Waals surface area (Å²) < 4.78 is 0. The SMILES string of the molecule is Nc1ccc2[nH]nc(C(=O)Nc3ccc(CO)cc3)c2c1. The Labute approximate surface area is 120 Å². The number of aliphatic hydroxyl groups is 1. The summed E-state index contributed by atoms with van der Waals surface area (Å²) in [5.74, 6) is -0.316. The maximum absolute atomic E-state index is 12.3. The minimum Gasteiger partial charge on any atom is -0.399 e. The van der Waals surface area contributed by atoms with Crippen molar-refractivity contribution in [3.63, 3.8) is 0 Å². The van der Waals surface area contributed by atoms with Crippen LogP contribution in [-0.2, 0) is 6.61 Å². The number of hydrogen-bond acceptors (Lipinski definition) is 4. The predicted octanol–water partition coefficient (Wildman–Crippen LogP) is 1.89. The van der Waals surface area contributed by atoms with E-state index in [9.17, 15) is 4.79 Å². The van der Waals surface area contributed by atoms with Gasteiger partial charge in [-0.15, -0.1) is 0 Å². The van der Waals surface area contributed by atoms with Gasteiger partial charge in [0.05, 0.1) is 12.1 Å².